The van der Waals surface area contributed by atoms with Crippen LogP contribution in [0.5, 0.6) is 5.75 Å². The molecule has 1 amide bonds. The summed E-state index contributed by atoms with van der Waals surface area (Å²) in [4.78, 5) is 27.7. The molecule has 0 atom stereocenters. The first-order valence-corrected chi connectivity index (χ1v) is 11.8. The van der Waals surface area contributed by atoms with E-state index in [1.807, 2.05) is 47.4 Å². The fourth-order valence-corrected chi connectivity index (χ4v) is 4.76. The number of hydrogen-bond donors (Lipinski definition) is 0. The number of rotatable bonds is 4. The van der Waals surface area contributed by atoms with Gasteiger partial charge in [0.05, 0.1) is 24.9 Å². The van der Waals surface area contributed by atoms with Crippen molar-refractivity contribution in [2.75, 3.05) is 31.6 Å². The Morgan fingerprint density at radius 1 is 0.970 bits per heavy atom. The summed E-state index contributed by atoms with van der Waals surface area (Å²) >= 11 is 0. The number of ether oxygens (including phenoxy) is 1. The van der Waals surface area contributed by atoms with Crippen LogP contribution in [0.25, 0.3) is 11.4 Å². The third-order valence-electron chi connectivity index (χ3n) is 6.78. The zero-order chi connectivity index (χ0) is 22.8. The second kappa shape index (κ2) is 9.22. The van der Waals surface area contributed by atoms with Crippen molar-refractivity contribution in [3.8, 4) is 17.1 Å². The monoisotopic (exact) mass is 442 g/mol. The average molecular weight is 443 g/mol. The first kappa shape index (κ1) is 21.4. The Morgan fingerprint density at radius 3 is 2.45 bits per heavy atom. The summed E-state index contributed by atoms with van der Waals surface area (Å²) in [6, 6.07) is 17.6. The highest BCUT2D eigenvalue weighted by atomic mass is 16.5. The van der Waals surface area contributed by atoms with Gasteiger partial charge in [-0.05, 0) is 30.9 Å². The van der Waals surface area contributed by atoms with Gasteiger partial charge < -0.3 is 14.5 Å². The first-order valence-electron chi connectivity index (χ1n) is 11.8. The summed E-state index contributed by atoms with van der Waals surface area (Å²) < 4.78 is 5.44. The number of anilines is 1. The lowest BCUT2D eigenvalue weighted by Gasteiger charge is -2.36. The summed E-state index contributed by atoms with van der Waals surface area (Å²) in [6.45, 7) is 5.43. The number of benzene rings is 2. The number of nitrogens with zero attached hydrogens (tertiary/aromatic N) is 4. The predicted octanol–water partition coefficient (Wildman–Crippen LogP) is 4.59. The minimum absolute atomic E-state index is 0.0107. The number of carbonyl (C=O) groups is 1. The van der Waals surface area contributed by atoms with Gasteiger partial charge in [-0.25, -0.2) is 9.97 Å². The molecule has 1 fully saturated rings. The Balaban J connectivity index is 1.52. The summed E-state index contributed by atoms with van der Waals surface area (Å²) in [6.07, 6.45) is 3.03. The number of para-hydroxylation sites is 1. The van der Waals surface area contributed by atoms with Crippen LogP contribution in [0.4, 0.5) is 5.82 Å². The maximum absolute atomic E-state index is 13.4. The van der Waals surface area contributed by atoms with E-state index >= 15 is 0 Å². The van der Waals surface area contributed by atoms with Crippen LogP contribution in [0, 0.1) is 5.92 Å². The molecule has 0 N–H and O–H groups in total. The van der Waals surface area contributed by atoms with Crippen molar-refractivity contribution in [2.45, 2.75) is 32.7 Å². The Bertz CT molecular complexity index is 1140. The van der Waals surface area contributed by atoms with Crippen LogP contribution in [0.2, 0.25) is 0 Å². The molecule has 170 valence electrons. The quantitative estimate of drug-likeness (QED) is 0.592. The Kier molecular flexibility index (Phi) is 5.99. The van der Waals surface area contributed by atoms with E-state index < -0.39 is 0 Å². The van der Waals surface area contributed by atoms with Crippen molar-refractivity contribution >= 4 is 11.7 Å². The Labute approximate surface area is 195 Å². The lowest BCUT2D eigenvalue weighted by Crippen LogP contribution is -2.40. The molecular formula is C27H30N4O2. The van der Waals surface area contributed by atoms with Crippen molar-refractivity contribution in [1.29, 1.82) is 0 Å². The van der Waals surface area contributed by atoms with Gasteiger partial charge in [0.2, 0.25) is 0 Å². The van der Waals surface area contributed by atoms with Crippen molar-refractivity contribution in [2.24, 2.45) is 5.92 Å². The molecule has 0 saturated carbocycles. The minimum atomic E-state index is -0.0107. The second-order valence-electron chi connectivity index (χ2n) is 9.01. The van der Waals surface area contributed by atoms with Gasteiger partial charge in [0.15, 0.2) is 5.82 Å². The summed E-state index contributed by atoms with van der Waals surface area (Å²) in [7, 11) is 1.60. The normalized spacial score (nSPS) is 16.4. The van der Waals surface area contributed by atoms with E-state index in [-0.39, 0.29) is 5.91 Å². The zero-order valence-electron chi connectivity index (χ0n) is 19.3. The average Bonchev–Trinajstić information content (AvgIpc) is 2.88. The maximum atomic E-state index is 13.4. The summed E-state index contributed by atoms with van der Waals surface area (Å²) in [5.41, 5.74) is 3.76. The SMILES string of the molecule is COc1ccccc1C(=O)N1CCc2nc(-c3ccccc3)nc(N3CCC(C)CC3)c2C1. The number of fused-ring (bicyclic) bond motifs is 1. The van der Waals surface area contributed by atoms with Gasteiger partial charge in [0, 0.05) is 37.2 Å². The van der Waals surface area contributed by atoms with Gasteiger partial charge in [0.1, 0.15) is 11.6 Å². The second-order valence-corrected chi connectivity index (χ2v) is 9.01. The molecular weight excluding hydrogens is 412 g/mol. The van der Waals surface area contributed by atoms with Crippen molar-refractivity contribution in [1.82, 2.24) is 14.9 Å². The van der Waals surface area contributed by atoms with E-state index in [1.165, 1.54) is 0 Å². The van der Waals surface area contributed by atoms with E-state index in [1.54, 1.807) is 7.11 Å². The van der Waals surface area contributed by atoms with Crippen LogP contribution in [0.15, 0.2) is 54.6 Å². The highest BCUT2D eigenvalue weighted by Gasteiger charge is 2.30. The van der Waals surface area contributed by atoms with Crippen LogP contribution < -0.4 is 9.64 Å². The van der Waals surface area contributed by atoms with E-state index in [4.69, 9.17) is 14.7 Å². The van der Waals surface area contributed by atoms with Gasteiger partial charge >= 0.3 is 0 Å². The van der Waals surface area contributed by atoms with Crippen LogP contribution in [0.3, 0.4) is 0 Å². The number of amides is 1. The largest absolute Gasteiger partial charge is 0.496 e. The van der Waals surface area contributed by atoms with Crippen molar-refractivity contribution in [3.63, 3.8) is 0 Å². The van der Waals surface area contributed by atoms with Gasteiger partial charge in [-0.3, -0.25) is 4.79 Å². The van der Waals surface area contributed by atoms with Crippen LogP contribution in [0.1, 0.15) is 41.4 Å². The van der Waals surface area contributed by atoms with Crippen molar-refractivity contribution in [3.05, 3.63) is 71.4 Å². The van der Waals surface area contributed by atoms with E-state index in [2.05, 4.69) is 24.0 Å². The van der Waals surface area contributed by atoms with Gasteiger partial charge in [-0.1, -0.05) is 49.4 Å². The lowest BCUT2D eigenvalue weighted by atomic mass is 9.97. The Morgan fingerprint density at radius 2 is 1.70 bits per heavy atom. The molecule has 33 heavy (non-hydrogen) atoms. The van der Waals surface area contributed by atoms with Gasteiger partial charge in [-0.15, -0.1) is 0 Å². The zero-order valence-corrected chi connectivity index (χ0v) is 19.3. The smallest absolute Gasteiger partial charge is 0.257 e. The molecule has 2 aliphatic rings. The lowest BCUT2D eigenvalue weighted by molar-refractivity contribution is 0.0730. The molecule has 2 aromatic carbocycles. The highest BCUT2D eigenvalue weighted by Crippen LogP contribution is 2.33. The fraction of sp³-hybridized carbons (Fsp3) is 0.370. The number of methoxy groups -OCH3 is 1. The standard InChI is InChI=1S/C27H30N4O2/c1-19-12-15-30(16-13-19)26-22-18-31(27(32)21-10-6-7-11-24(21)33-2)17-14-23(22)28-25(29-26)20-8-4-3-5-9-20/h3-11,19H,12-18H2,1-2H3. The third-order valence-corrected chi connectivity index (χ3v) is 6.78. The van der Waals surface area contributed by atoms with Gasteiger partial charge in [-0.2, -0.15) is 0 Å². The first-order chi connectivity index (χ1) is 16.1. The molecule has 5 rings (SSSR count). The fourth-order valence-electron chi connectivity index (χ4n) is 4.76. The molecule has 0 radical (unpaired) electrons. The third kappa shape index (κ3) is 4.30. The highest BCUT2D eigenvalue weighted by molar-refractivity contribution is 5.97. The number of carbonyl (C=O) groups excluding carboxylic acids is 1. The van der Waals surface area contributed by atoms with E-state index in [9.17, 15) is 4.79 Å². The molecule has 3 heterocycles. The number of aromatic nitrogens is 2. The molecule has 0 spiro atoms. The molecule has 3 aromatic rings. The van der Waals surface area contributed by atoms with E-state index in [0.717, 1.165) is 66.7 Å². The molecule has 6 heteroatoms. The van der Waals surface area contributed by atoms with Gasteiger partial charge in [0.25, 0.3) is 5.91 Å². The van der Waals surface area contributed by atoms with Crippen LogP contribution >= 0.6 is 0 Å². The van der Waals surface area contributed by atoms with Crippen LogP contribution in [-0.2, 0) is 13.0 Å². The molecule has 6 nitrogen and oxygen atoms in total. The molecule has 0 bridgehead atoms. The molecule has 2 aliphatic heterocycles. The van der Waals surface area contributed by atoms with Crippen molar-refractivity contribution < 1.29 is 9.53 Å². The Hall–Kier alpha value is -3.41. The maximum Gasteiger partial charge on any atom is 0.257 e. The minimum Gasteiger partial charge on any atom is -0.496 e. The molecule has 1 saturated heterocycles. The van der Waals surface area contributed by atoms with Crippen LogP contribution in [-0.4, -0.2) is 47.5 Å². The summed E-state index contributed by atoms with van der Waals surface area (Å²) in [5, 5.41) is 0. The molecule has 1 aromatic heterocycles. The summed E-state index contributed by atoms with van der Waals surface area (Å²) in [5.74, 6) is 3.09. The number of hydrogen-bond acceptors (Lipinski definition) is 5. The van der Waals surface area contributed by atoms with E-state index in [0.29, 0.717) is 24.4 Å². The molecule has 0 unspecified atom stereocenters. The predicted molar refractivity (Wildman–Crippen MR) is 130 cm³/mol. The number of piperidine rings is 1. The molecule has 0 aliphatic carbocycles. The topological polar surface area (TPSA) is 58.6 Å².